The molecule has 0 fully saturated rings. The van der Waals surface area contributed by atoms with Gasteiger partial charge in [-0.3, -0.25) is 0 Å². The fraction of sp³-hybridized carbons (Fsp3) is 0.281. The second-order valence-corrected chi connectivity index (χ2v) is 30.4. The highest BCUT2D eigenvalue weighted by atomic mass is 14.5. The Kier molecular flexibility index (Phi) is 20.7. The SMILES string of the molecule is CC(C)(C)C.CC(C)(C)c1ccc(-c2ccccc2)cc1.CC(C)(C)c1ccc2c(c1)C(C)(C)c1ccccc1-2.CC(C)(C)c1ccc2c(c1)C(c1ccccc1)(c1ccccc1)c1ccccc1-2.CC(C)(C)c1ccccc1.c1ccc2ccccc2c1. The smallest absolute Gasteiger partial charge is 0.0622 e. The average Bonchev–Trinajstić information content (AvgIpc) is 1.59. The lowest BCUT2D eigenvalue weighted by molar-refractivity contribution is 0.469. The van der Waals surface area contributed by atoms with Gasteiger partial charge in [-0.25, -0.2) is 0 Å². The second-order valence-electron chi connectivity index (χ2n) is 30.4. The molecule has 0 N–H and O–H groups in total. The van der Waals surface area contributed by atoms with E-state index in [0.717, 1.165) is 0 Å². The molecule has 11 aromatic carbocycles. The molecule has 0 nitrogen and oxygen atoms in total. The first kappa shape index (κ1) is 66.6. The van der Waals surface area contributed by atoms with Crippen molar-refractivity contribution >= 4 is 10.8 Å². The first-order valence-electron chi connectivity index (χ1n) is 32.2. The van der Waals surface area contributed by atoms with Gasteiger partial charge in [-0.05, 0) is 127 Å². The Morgan fingerprint density at radius 2 is 0.506 bits per heavy atom. The van der Waals surface area contributed by atoms with Crippen molar-refractivity contribution in [2.24, 2.45) is 5.41 Å². The lowest BCUT2D eigenvalue weighted by Crippen LogP contribution is -2.29. The van der Waals surface area contributed by atoms with Crippen molar-refractivity contribution in [2.75, 3.05) is 0 Å². The highest BCUT2D eigenvalue weighted by molar-refractivity contribution is 5.87. The molecule has 0 aliphatic heterocycles. The summed E-state index contributed by atoms with van der Waals surface area (Å²) in [6.45, 7) is 40.6. The van der Waals surface area contributed by atoms with E-state index < -0.39 is 0 Å². The van der Waals surface area contributed by atoms with Gasteiger partial charge in [0.05, 0.1) is 5.41 Å². The van der Waals surface area contributed by atoms with Crippen molar-refractivity contribution in [3.63, 3.8) is 0 Å². The fourth-order valence-corrected chi connectivity index (χ4v) is 11.9. The number of fused-ring (bicyclic) bond motifs is 7. The quantitative estimate of drug-likeness (QED) is 0.165. The lowest BCUT2D eigenvalue weighted by Gasteiger charge is -2.34. The monoisotopic (exact) mass is 1170 g/mol. The van der Waals surface area contributed by atoms with Crippen LogP contribution in [-0.4, -0.2) is 0 Å². The molecule has 0 radical (unpaired) electrons. The van der Waals surface area contributed by atoms with Crippen molar-refractivity contribution in [1.82, 2.24) is 0 Å². The summed E-state index contributed by atoms with van der Waals surface area (Å²) < 4.78 is 0. The maximum absolute atomic E-state index is 2.45. The molecule has 89 heavy (non-hydrogen) atoms. The summed E-state index contributed by atoms with van der Waals surface area (Å²) >= 11 is 0. The van der Waals surface area contributed by atoms with Crippen molar-refractivity contribution in [3.8, 4) is 33.4 Å². The van der Waals surface area contributed by atoms with Gasteiger partial charge in [0.25, 0.3) is 0 Å². The molecule has 0 aromatic heterocycles. The molecule has 0 spiro atoms. The van der Waals surface area contributed by atoms with E-state index in [1.54, 1.807) is 0 Å². The van der Waals surface area contributed by atoms with Gasteiger partial charge in [0.2, 0.25) is 0 Å². The predicted molar refractivity (Wildman–Crippen MR) is 390 cm³/mol. The van der Waals surface area contributed by atoms with Crippen molar-refractivity contribution in [1.29, 1.82) is 0 Å². The summed E-state index contributed by atoms with van der Waals surface area (Å²) in [5, 5.41) is 2.62. The zero-order valence-corrected chi connectivity index (χ0v) is 57.1. The van der Waals surface area contributed by atoms with Crippen LogP contribution in [0.15, 0.2) is 279 Å². The lowest BCUT2D eigenvalue weighted by atomic mass is 9.67. The molecule has 456 valence electrons. The Balaban J connectivity index is 0.000000149. The molecule has 2 aliphatic carbocycles. The van der Waals surface area contributed by atoms with Crippen LogP contribution in [0.2, 0.25) is 0 Å². The van der Waals surface area contributed by atoms with Gasteiger partial charge in [0.1, 0.15) is 0 Å². The second kappa shape index (κ2) is 27.6. The molecule has 0 unspecified atom stereocenters. The fourth-order valence-electron chi connectivity index (χ4n) is 11.9. The highest BCUT2D eigenvalue weighted by Crippen LogP contribution is 2.57. The van der Waals surface area contributed by atoms with Crippen LogP contribution in [0.4, 0.5) is 0 Å². The summed E-state index contributed by atoms with van der Waals surface area (Å²) in [4.78, 5) is 0. The van der Waals surface area contributed by atoms with Crippen molar-refractivity contribution < 1.29 is 0 Å². The van der Waals surface area contributed by atoms with Crippen molar-refractivity contribution in [3.05, 3.63) is 335 Å². The predicted octanol–water partition coefficient (Wildman–Crippen LogP) is 25.2. The third-order valence-corrected chi connectivity index (χ3v) is 16.9. The minimum atomic E-state index is -0.296. The molecule has 0 heteroatoms. The van der Waals surface area contributed by atoms with Gasteiger partial charge < -0.3 is 0 Å². The van der Waals surface area contributed by atoms with Crippen LogP contribution >= 0.6 is 0 Å². The van der Waals surface area contributed by atoms with E-state index in [1.165, 1.54) is 99.8 Å². The van der Waals surface area contributed by atoms with E-state index in [-0.39, 0.29) is 27.1 Å². The molecule has 0 bridgehead atoms. The maximum atomic E-state index is 2.45. The van der Waals surface area contributed by atoms with Gasteiger partial charge in [-0.2, -0.15) is 0 Å². The van der Waals surface area contributed by atoms with Gasteiger partial charge in [0.15, 0.2) is 0 Å². The molecular weight excluding hydrogens is 1070 g/mol. The number of rotatable bonds is 3. The Morgan fingerprint density at radius 1 is 0.225 bits per heavy atom. The van der Waals surface area contributed by atoms with E-state index in [1.807, 2.05) is 6.07 Å². The standard InChI is InChI=1S/C29H26.C19H22.C16H18.C10H8.C10H14.C5H12/c1-28(2,3)23-18-19-25-24-16-10-11-17-26(24)29(27(25)20-23,21-12-6-4-7-13-21)22-14-8-5-9-15-22;1-18(2,3)13-10-11-15-14-8-6-7-9-16(14)19(4,5)17(15)12-13;1-16(2,3)15-11-9-14(10-12-15)13-7-5-4-6-8-13;1-2-6-10-8-4-3-7-9(10)5-1;1-10(2,3)9-7-5-4-6-8-9;1-5(2,3)4/h4-20H,1-3H3;6-12H,1-5H3;4-12H,1-3H3;1-8H;4-8H,1-3H3;1-4H3. The summed E-state index contributed by atoms with van der Waals surface area (Å²) in [5.41, 5.74) is 23.1. The summed E-state index contributed by atoms with van der Waals surface area (Å²) in [6, 6.07) is 100. The Morgan fingerprint density at radius 3 is 0.910 bits per heavy atom. The molecule has 0 saturated heterocycles. The largest absolute Gasteiger partial charge is 0.0713 e. The topological polar surface area (TPSA) is 0 Å². The minimum Gasteiger partial charge on any atom is -0.0622 e. The van der Waals surface area contributed by atoms with Crippen LogP contribution in [0.25, 0.3) is 44.2 Å². The van der Waals surface area contributed by atoms with E-state index in [0.29, 0.717) is 10.8 Å². The molecule has 0 saturated carbocycles. The molecule has 0 amide bonds. The van der Waals surface area contributed by atoms with Gasteiger partial charge in [-0.15, -0.1) is 0 Å². The number of hydrogen-bond acceptors (Lipinski definition) is 0. The third kappa shape index (κ3) is 16.3. The van der Waals surface area contributed by atoms with Crippen LogP contribution < -0.4 is 0 Å². The van der Waals surface area contributed by atoms with Crippen LogP contribution in [0.5, 0.6) is 0 Å². The van der Waals surface area contributed by atoms with Gasteiger partial charge in [0, 0.05) is 5.41 Å². The molecule has 2 aliphatic rings. The number of hydrogen-bond donors (Lipinski definition) is 0. The summed E-state index contributed by atoms with van der Waals surface area (Å²) in [7, 11) is 0. The zero-order valence-electron chi connectivity index (χ0n) is 57.1. The molecule has 11 aromatic rings. The summed E-state index contributed by atoms with van der Waals surface area (Å²) in [6.07, 6.45) is 0. The van der Waals surface area contributed by atoms with E-state index >= 15 is 0 Å². The molecular formula is C89H100. The zero-order chi connectivity index (χ0) is 64.4. The first-order chi connectivity index (χ1) is 42.0. The normalized spacial score (nSPS) is 13.2. The molecule has 0 atom stereocenters. The van der Waals surface area contributed by atoms with E-state index in [2.05, 4.69) is 398 Å². The Labute approximate surface area is 538 Å². The average molecular weight is 1170 g/mol. The van der Waals surface area contributed by atoms with Gasteiger partial charge >= 0.3 is 0 Å². The van der Waals surface area contributed by atoms with Crippen molar-refractivity contribution in [2.45, 2.75) is 157 Å². The highest BCUT2D eigenvalue weighted by Gasteiger charge is 2.46. The Hall–Kier alpha value is -8.32. The van der Waals surface area contributed by atoms with E-state index in [9.17, 15) is 0 Å². The molecule has 13 rings (SSSR count). The maximum Gasteiger partial charge on any atom is 0.0713 e. The van der Waals surface area contributed by atoms with Crippen LogP contribution in [0.1, 0.15) is 180 Å². The summed E-state index contributed by atoms with van der Waals surface area (Å²) in [5.74, 6) is 0. The molecule has 0 heterocycles. The minimum absolute atomic E-state index is 0.100. The van der Waals surface area contributed by atoms with Crippen LogP contribution in [-0.2, 0) is 32.5 Å². The van der Waals surface area contributed by atoms with E-state index in [4.69, 9.17) is 0 Å². The first-order valence-corrected chi connectivity index (χ1v) is 32.2. The number of benzene rings is 11. The Bertz CT molecular complexity index is 3900. The van der Waals surface area contributed by atoms with Gasteiger partial charge in [-0.1, -0.05) is 404 Å². The third-order valence-electron chi connectivity index (χ3n) is 16.9. The van der Waals surface area contributed by atoms with Crippen LogP contribution in [0, 0.1) is 5.41 Å². The van der Waals surface area contributed by atoms with Crippen LogP contribution in [0.3, 0.4) is 0 Å².